The van der Waals surface area contributed by atoms with E-state index in [2.05, 4.69) is 30.3 Å². The van der Waals surface area contributed by atoms with E-state index in [1.54, 1.807) is 0 Å². The lowest BCUT2D eigenvalue weighted by Gasteiger charge is -2.29. The molecule has 1 aliphatic heterocycles. The van der Waals surface area contributed by atoms with Crippen LogP contribution in [0.1, 0.15) is 43.7 Å². The maximum absolute atomic E-state index is 12.4. The quantitative estimate of drug-likeness (QED) is 0.833. The van der Waals surface area contributed by atoms with E-state index in [9.17, 15) is 4.79 Å². The third kappa shape index (κ3) is 5.23. The summed E-state index contributed by atoms with van der Waals surface area (Å²) in [6, 6.07) is 5.98. The Morgan fingerprint density at radius 1 is 1.33 bits per heavy atom. The van der Waals surface area contributed by atoms with Gasteiger partial charge < -0.3 is 15.0 Å². The molecule has 1 aliphatic rings. The van der Waals surface area contributed by atoms with Gasteiger partial charge in [0.2, 0.25) is 0 Å². The Morgan fingerprint density at radius 2 is 2.04 bits per heavy atom. The fraction of sp³-hybridized carbons (Fsp3) is 0.650. The largest absolute Gasteiger partial charge is 0.480 e. The molecule has 0 bridgehead atoms. The van der Waals surface area contributed by atoms with Crippen LogP contribution in [0.5, 0.6) is 5.75 Å². The zero-order valence-corrected chi connectivity index (χ0v) is 15.6. The highest BCUT2D eigenvalue weighted by Gasteiger charge is 2.20. The van der Waals surface area contributed by atoms with Crippen molar-refractivity contribution in [1.82, 2.24) is 10.2 Å². The molecule has 0 aliphatic carbocycles. The van der Waals surface area contributed by atoms with Crippen molar-refractivity contribution in [3.63, 3.8) is 0 Å². The molecule has 24 heavy (non-hydrogen) atoms. The van der Waals surface area contributed by atoms with E-state index in [-0.39, 0.29) is 5.91 Å². The molecule has 0 radical (unpaired) electrons. The Balaban J connectivity index is 1.80. The van der Waals surface area contributed by atoms with Crippen molar-refractivity contribution in [1.29, 1.82) is 0 Å². The Hall–Kier alpha value is -1.55. The number of likely N-dealkylation sites (tertiary alicyclic amines) is 1. The van der Waals surface area contributed by atoms with E-state index in [4.69, 9.17) is 4.74 Å². The van der Waals surface area contributed by atoms with Crippen LogP contribution in [0, 0.1) is 19.8 Å². The topological polar surface area (TPSA) is 41.6 Å². The number of ether oxygens (including phenoxy) is 1. The number of carbonyl (C=O) groups excluding carboxylic acids is 1. The fourth-order valence-corrected chi connectivity index (χ4v) is 3.19. The minimum absolute atomic E-state index is 0.00586. The number of nitrogens with one attached hydrogen (secondary N) is 1. The van der Waals surface area contributed by atoms with Gasteiger partial charge in [-0.25, -0.2) is 0 Å². The molecule has 1 N–H and O–H groups in total. The molecule has 2 rings (SSSR count). The highest BCUT2D eigenvalue weighted by molar-refractivity contribution is 5.81. The Kier molecular flexibility index (Phi) is 7.10. The third-order valence-electron chi connectivity index (χ3n) is 5.18. The van der Waals surface area contributed by atoms with Crippen molar-refractivity contribution >= 4 is 5.91 Å². The highest BCUT2D eigenvalue weighted by atomic mass is 16.5. The summed E-state index contributed by atoms with van der Waals surface area (Å²) in [5, 5.41) is 3.07. The average molecular weight is 332 g/mol. The van der Waals surface area contributed by atoms with Gasteiger partial charge in [0.05, 0.1) is 0 Å². The number of hydrogen-bond acceptors (Lipinski definition) is 3. The molecule has 4 heteroatoms. The summed E-state index contributed by atoms with van der Waals surface area (Å²) in [7, 11) is 2.18. The Bertz CT molecular complexity index is 536. The number of benzene rings is 1. The lowest BCUT2D eigenvalue weighted by molar-refractivity contribution is -0.128. The van der Waals surface area contributed by atoms with Gasteiger partial charge in [-0.1, -0.05) is 19.1 Å². The normalized spacial score (nSPS) is 17.5. The van der Waals surface area contributed by atoms with Crippen molar-refractivity contribution in [3.8, 4) is 5.75 Å². The summed E-state index contributed by atoms with van der Waals surface area (Å²) in [5.41, 5.74) is 2.29. The first kappa shape index (κ1) is 18.8. The second kappa shape index (κ2) is 9.07. The standard InChI is InChI=1S/C20H32N2O2/c1-5-18(24-19-8-6-7-15(2)16(19)3)20(23)21-12-9-17-10-13-22(4)14-11-17/h6-8,17-18H,5,9-14H2,1-4H3,(H,21,23). The third-order valence-corrected chi connectivity index (χ3v) is 5.18. The maximum atomic E-state index is 12.4. The van der Waals surface area contributed by atoms with Crippen LogP contribution in [0.4, 0.5) is 0 Å². The first-order valence-electron chi connectivity index (χ1n) is 9.20. The molecule has 4 nitrogen and oxygen atoms in total. The number of aryl methyl sites for hydroxylation is 1. The van der Waals surface area contributed by atoms with Crippen LogP contribution in [0.3, 0.4) is 0 Å². The summed E-state index contributed by atoms with van der Waals surface area (Å²) in [5.74, 6) is 1.56. The molecule has 1 amide bonds. The van der Waals surface area contributed by atoms with E-state index in [0.29, 0.717) is 6.42 Å². The molecular weight excluding hydrogens is 300 g/mol. The zero-order chi connectivity index (χ0) is 17.5. The van der Waals surface area contributed by atoms with Crippen molar-refractivity contribution in [2.75, 3.05) is 26.7 Å². The highest BCUT2D eigenvalue weighted by Crippen LogP contribution is 2.22. The smallest absolute Gasteiger partial charge is 0.261 e. The van der Waals surface area contributed by atoms with Gasteiger partial charge in [0.15, 0.2) is 6.10 Å². The molecule has 1 unspecified atom stereocenters. The molecule has 1 aromatic rings. The molecule has 1 heterocycles. The summed E-state index contributed by atoms with van der Waals surface area (Å²) >= 11 is 0. The van der Waals surface area contributed by atoms with Crippen molar-refractivity contribution in [2.45, 2.75) is 52.6 Å². The molecule has 1 atom stereocenters. The predicted molar refractivity (Wildman–Crippen MR) is 98.5 cm³/mol. The van der Waals surface area contributed by atoms with Gasteiger partial charge >= 0.3 is 0 Å². The number of hydrogen-bond donors (Lipinski definition) is 1. The van der Waals surface area contributed by atoms with Gasteiger partial charge in [0, 0.05) is 6.54 Å². The van der Waals surface area contributed by atoms with Crippen LogP contribution in [0.25, 0.3) is 0 Å². The van der Waals surface area contributed by atoms with Crippen LogP contribution in [-0.2, 0) is 4.79 Å². The molecule has 0 saturated carbocycles. The molecule has 0 aromatic heterocycles. The molecule has 1 aromatic carbocycles. The number of amides is 1. The minimum atomic E-state index is -0.414. The second-order valence-corrected chi connectivity index (χ2v) is 7.04. The Labute approximate surface area is 146 Å². The predicted octanol–water partition coefficient (Wildman–Crippen LogP) is 3.31. The monoisotopic (exact) mass is 332 g/mol. The van der Waals surface area contributed by atoms with Gasteiger partial charge in [0.25, 0.3) is 5.91 Å². The van der Waals surface area contributed by atoms with Crippen molar-refractivity contribution in [2.24, 2.45) is 5.92 Å². The first-order chi connectivity index (χ1) is 11.5. The molecule has 134 valence electrons. The van der Waals surface area contributed by atoms with Gasteiger partial charge in [-0.3, -0.25) is 4.79 Å². The Morgan fingerprint density at radius 3 is 2.71 bits per heavy atom. The number of piperidine rings is 1. The van der Waals surface area contributed by atoms with E-state index < -0.39 is 6.10 Å². The van der Waals surface area contributed by atoms with E-state index in [0.717, 1.165) is 30.2 Å². The molecule has 1 saturated heterocycles. The number of carbonyl (C=O) groups is 1. The first-order valence-corrected chi connectivity index (χ1v) is 9.20. The van der Waals surface area contributed by atoms with Gasteiger partial charge in [0.1, 0.15) is 5.75 Å². The van der Waals surface area contributed by atoms with Gasteiger partial charge in [-0.05, 0) is 82.8 Å². The van der Waals surface area contributed by atoms with Crippen LogP contribution < -0.4 is 10.1 Å². The average Bonchev–Trinajstić information content (AvgIpc) is 2.58. The molecular formula is C20H32N2O2. The second-order valence-electron chi connectivity index (χ2n) is 7.04. The van der Waals surface area contributed by atoms with Crippen LogP contribution in [0.2, 0.25) is 0 Å². The van der Waals surface area contributed by atoms with Gasteiger partial charge in [-0.15, -0.1) is 0 Å². The van der Waals surface area contributed by atoms with Crippen LogP contribution >= 0.6 is 0 Å². The summed E-state index contributed by atoms with van der Waals surface area (Å²) in [6.07, 6.45) is 3.81. The lowest BCUT2D eigenvalue weighted by atomic mass is 9.94. The van der Waals surface area contributed by atoms with Gasteiger partial charge in [-0.2, -0.15) is 0 Å². The van der Waals surface area contributed by atoms with Crippen molar-refractivity contribution in [3.05, 3.63) is 29.3 Å². The summed E-state index contributed by atoms with van der Waals surface area (Å²) in [4.78, 5) is 14.8. The summed E-state index contributed by atoms with van der Waals surface area (Å²) < 4.78 is 5.97. The minimum Gasteiger partial charge on any atom is -0.480 e. The van der Waals surface area contributed by atoms with E-state index in [1.807, 2.05) is 26.0 Å². The van der Waals surface area contributed by atoms with E-state index >= 15 is 0 Å². The lowest BCUT2D eigenvalue weighted by Crippen LogP contribution is -2.39. The van der Waals surface area contributed by atoms with E-state index in [1.165, 1.54) is 31.5 Å². The molecule has 0 spiro atoms. The van der Waals surface area contributed by atoms with Crippen LogP contribution in [0.15, 0.2) is 18.2 Å². The SMILES string of the molecule is CCC(Oc1cccc(C)c1C)C(=O)NCCC1CCN(C)CC1. The van der Waals surface area contributed by atoms with Crippen LogP contribution in [-0.4, -0.2) is 43.6 Å². The number of rotatable bonds is 7. The molecule has 1 fully saturated rings. The van der Waals surface area contributed by atoms with Crippen molar-refractivity contribution < 1.29 is 9.53 Å². The number of nitrogens with zero attached hydrogens (tertiary/aromatic N) is 1. The maximum Gasteiger partial charge on any atom is 0.261 e. The zero-order valence-electron chi connectivity index (χ0n) is 15.6. The fourth-order valence-electron chi connectivity index (χ4n) is 3.19. The summed E-state index contributed by atoms with van der Waals surface area (Å²) in [6.45, 7) is 9.18.